The number of halogens is 1. The van der Waals surface area contributed by atoms with E-state index in [1.807, 2.05) is 12.1 Å². The van der Waals surface area contributed by atoms with E-state index < -0.39 is 0 Å². The number of amides is 1. The highest BCUT2D eigenvalue weighted by Gasteiger charge is 2.28. The predicted octanol–water partition coefficient (Wildman–Crippen LogP) is 3.71. The smallest absolute Gasteiger partial charge is 0.261 e. The zero-order valence-electron chi connectivity index (χ0n) is 11.9. The van der Waals surface area contributed by atoms with E-state index in [1.54, 1.807) is 12.1 Å². The molecule has 6 nitrogen and oxygen atoms in total. The van der Waals surface area contributed by atoms with Crippen molar-refractivity contribution in [2.75, 3.05) is 5.32 Å². The van der Waals surface area contributed by atoms with Crippen molar-refractivity contribution in [2.24, 2.45) is 0 Å². The van der Waals surface area contributed by atoms with E-state index in [0.29, 0.717) is 27.3 Å². The van der Waals surface area contributed by atoms with Gasteiger partial charge in [-0.25, -0.2) is 0 Å². The van der Waals surface area contributed by atoms with Crippen molar-refractivity contribution in [1.29, 1.82) is 0 Å². The van der Waals surface area contributed by atoms with Gasteiger partial charge in [-0.05, 0) is 25.0 Å². The SMILES string of the molecule is O=C(Nc1nnc(C2CC2)s1)c1cn[nH]c1-c1ccc(Cl)cc1. The number of nitrogens with one attached hydrogen (secondary N) is 2. The molecule has 116 valence electrons. The molecule has 0 bridgehead atoms. The molecular formula is C15H12ClN5OS. The molecule has 1 aromatic carbocycles. The van der Waals surface area contributed by atoms with Crippen molar-refractivity contribution in [3.8, 4) is 11.3 Å². The fourth-order valence-electron chi connectivity index (χ4n) is 2.24. The second kappa shape index (κ2) is 5.75. The fraction of sp³-hybridized carbons (Fsp3) is 0.200. The molecule has 1 amide bonds. The third-order valence-electron chi connectivity index (χ3n) is 3.60. The highest BCUT2D eigenvalue weighted by molar-refractivity contribution is 7.15. The van der Waals surface area contributed by atoms with Crippen molar-refractivity contribution in [2.45, 2.75) is 18.8 Å². The first kappa shape index (κ1) is 14.3. The van der Waals surface area contributed by atoms with Gasteiger partial charge in [0.2, 0.25) is 5.13 Å². The molecule has 0 saturated heterocycles. The predicted molar refractivity (Wildman–Crippen MR) is 88.9 cm³/mol. The van der Waals surface area contributed by atoms with Crippen LogP contribution in [0.25, 0.3) is 11.3 Å². The Labute approximate surface area is 140 Å². The average Bonchev–Trinajstić information content (AvgIpc) is 3.09. The third kappa shape index (κ3) is 2.97. The number of hydrogen-bond acceptors (Lipinski definition) is 5. The minimum atomic E-state index is -0.262. The molecule has 4 rings (SSSR count). The van der Waals surface area contributed by atoms with Gasteiger partial charge >= 0.3 is 0 Å². The number of aromatic amines is 1. The number of anilines is 1. The maximum absolute atomic E-state index is 12.5. The summed E-state index contributed by atoms with van der Waals surface area (Å²) in [6.45, 7) is 0. The number of carbonyl (C=O) groups is 1. The Balaban J connectivity index is 1.56. The molecule has 2 aromatic heterocycles. The van der Waals surface area contributed by atoms with Gasteiger partial charge < -0.3 is 0 Å². The first-order valence-electron chi connectivity index (χ1n) is 7.15. The standard InChI is InChI=1S/C15H12ClN5OS/c16-10-5-3-8(4-6-10)12-11(7-17-19-12)13(22)18-15-21-20-14(23-15)9-1-2-9/h3-7,9H,1-2H2,(H,17,19)(H,18,21,22). The third-order valence-corrected chi connectivity index (χ3v) is 4.86. The monoisotopic (exact) mass is 345 g/mol. The van der Waals surface area contributed by atoms with Gasteiger partial charge in [-0.1, -0.05) is 35.1 Å². The van der Waals surface area contributed by atoms with Gasteiger partial charge in [-0.3, -0.25) is 15.2 Å². The first-order chi connectivity index (χ1) is 11.2. The second-order valence-electron chi connectivity index (χ2n) is 5.34. The Morgan fingerprint density at radius 2 is 2.04 bits per heavy atom. The van der Waals surface area contributed by atoms with Gasteiger partial charge in [0.25, 0.3) is 5.91 Å². The molecule has 23 heavy (non-hydrogen) atoms. The van der Waals surface area contributed by atoms with Crippen LogP contribution in [0.15, 0.2) is 30.5 Å². The number of H-pyrrole nitrogens is 1. The molecule has 0 aliphatic heterocycles. The van der Waals surface area contributed by atoms with Gasteiger partial charge in [0.05, 0.1) is 17.5 Å². The summed E-state index contributed by atoms with van der Waals surface area (Å²) >= 11 is 7.33. The largest absolute Gasteiger partial charge is 0.296 e. The Morgan fingerprint density at radius 1 is 1.26 bits per heavy atom. The van der Waals surface area contributed by atoms with E-state index in [0.717, 1.165) is 23.4 Å². The molecule has 0 spiro atoms. The average molecular weight is 346 g/mol. The van der Waals surface area contributed by atoms with Crippen LogP contribution in [0.2, 0.25) is 5.02 Å². The summed E-state index contributed by atoms with van der Waals surface area (Å²) in [5.74, 6) is 0.263. The Hall–Kier alpha value is -2.25. The zero-order valence-corrected chi connectivity index (χ0v) is 13.5. The second-order valence-corrected chi connectivity index (χ2v) is 6.78. The molecule has 0 atom stereocenters. The molecule has 1 aliphatic rings. The molecule has 1 aliphatic carbocycles. The van der Waals surface area contributed by atoms with E-state index in [9.17, 15) is 4.79 Å². The van der Waals surface area contributed by atoms with Crippen LogP contribution in [0, 0.1) is 0 Å². The van der Waals surface area contributed by atoms with Crippen LogP contribution < -0.4 is 5.32 Å². The topological polar surface area (TPSA) is 83.6 Å². The summed E-state index contributed by atoms with van der Waals surface area (Å²) in [6.07, 6.45) is 3.82. The van der Waals surface area contributed by atoms with E-state index in [4.69, 9.17) is 11.6 Å². The molecule has 1 saturated carbocycles. The summed E-state index contributed by atoms with van der Waals surface area (Å²) < 4.78 is 0. The van der Waals surface area contributed by atoms with Gasteiger partial charge in [0.1, 0.15) is 5.01 Å². The molecule has 0 unspecified atom stereocenters. The Morgan fingerprint density at radius 3 is 2.78 bits per heavy atom. The van der Waals surface area contributed by atoms with Crippen LogP contribution in [0.1, 0.15) is 34.1 Å². The molecule has 0 radical (unpaired) electrons. The zero-order chi connectivity index (χ0) is 15.8. The van der Waals surface area contributed by atoms with E-state index in [-0.39, 0.29) is 5.91 Å². The van der Waals surface area contributed by atoms with Crippen molar-refractivity contribution < 1.29 is 4.79 Å². The van der Waals surface area contributed by atoms with Gasteiger partial charge in [-0.15, -0.1) is 10.2 Å². The van der Waals surface area contributed by atoms with Crippen LogP contribution in [-0.4, -0.2) is 26.3 Å². The van der Waals surface area contributed by atoms with Gasteiger partial charge in [0.15, 0.2) is 0 Å². The van der Waals surface area contributed by atoms with Crippen molar-refractivity contribution in [3.05, 3.63) is 46.1 Å². The lowest BCUT2D eigenvalue weighted by Gasteiger charge is -2.03. The lowest BCUT2D eigenvalue weighted by Crippen LogP contribution is -2.12. The Bertz CT molecular complexity index is 853. The van der Waals surface area contributed by atoms with Crippen LogP contribution in [-0.2, 0) is 0 Å². The lowest BCUT2D eigenvalue weighted by molar-refractivity contribution is 0.102. The fourth-order valence-corrected chi connectivity index (χ4v) is 3.27. The summed E-state index contributed by atoms with van der Waals surface area (Å²) in [7, 11) is 0. The number of nitrogens with zero attached hydrogens (tertiary/aromatic N) is 3. The molecule has 2 heterocycles. The van der Waals surface area contributed by atoms with Gasteiger partial charge in [-0.2, -0.15) is 5.10 Å². The molecule has 2 N–H and O–H groups in total. The van der Waals surface area contributed by atoms with E-state index in [2.05, 4.69) is 25.7 Å². The Kier molecular flexibility index (Phi) is 3.59. The quantitative estimate of drug-likeness (QED) is 0.755. The first-order valence-corrected chi connectivity index (χ1v) is 8.34. The number of benzene rings is 1. The maximum atomic E-state index is 12.5. The van der Waals surface area contributed by atoms with E-state index in [1.165, 1.54) is 17.5 Å². The van der Waals surface area contributed by atoms with Crippen LogP contribution in [0.5, 0.6) is 0 Å². The highest BCUT2D eigenvalue weighted by Crippen LogP contribution is 2.42. The van der Waals surface area contributed by atoms with Crippen LogP contribution in [0.4, 0.5) is 5.13 Å². The molecule has 1 fully saturated rings. The van der Waals surface area contributed by atoms with Crippen molar-refractivity contribution >= 4 is 34.0 Å². The normalized spacial score (nSPS) is 14.0. The summed E-state index contributed by atoms with van der Waals surface area (Å²) in [4.78, 5) is 12.5. The van der Waals surface area contributed by atoms with Crippen LogP contribution in [0.3, 0.4) is 0 Å². The molecular weight excluding hydrogens is 334 g/mol. The summed E-state index contributed by atoms with van der Waals surface area (Å²) in [5.41, 5.74) is 1.94. The van der Waals surface area contributed by atoms with Gasteiger partial charge in [0, 0.05) is 16.5 Å². The number of hydrogen-bond donors (Lipinski definition) is 2. The van der Waals surface area contributed by atoms with Crippen molar-refractivity contribution in [1.82, 2.24) is 20.4 Å². The number of aromatic nitrogens is 4. The maximum Gasteiger partial charge on any atom is 0.261 e. The van der Waals surface area contributed by atoms with E-state index >= 15 is 0 Å². The van der Waals surface area contributed by atoms with Crippen molar-refractivity contribution in [3.63, 3.8) is 0 Å². The summed E-state index contributed by atoms with van der Waals surface area (Å²) in [6, 6.07) is 7.21. The molecule has 8 heteroatoms. The minimum absolute atomic E-state index is 0.262. The lowest BCUT2D eigenvalue weighted by atomic mass is 10.1. The summed E-state index contributed by atoms with van der Waals surface area (Å²) in [5, 5.41) is 19.9. The number of carbonyl (C=O) groups excluding carboxylic acids is 1. The van der Waals surface area contributed by atoms with Crippen LogP contribution >= 0.6 is 22.9 Å². The molecule has 3 aromatic rings. The number of rotatable bonds is 4. The highest BCUT2D eigenvalue weighted by atomic mass is 35.5. The minimum Gasteiger partial charge on any atom is -0.296 e.